The number of hydrogen-bond donors (Lipinski definition) is 0. The fourth-order valence-electron chi connectivity index (χ4n) is 4.77. The highest BCUT2D eigenvalue weighted by atomic mass is 32.2. The highest BCUT2D eigenvalue weighted by molar-refractivity contribution is 7.89. The van der Waals surface area contributed by atoms with Crippen molar-refractivity contribution in [3.63, 3.8) is 0 Å². The lowest BCUT2D eigenvalue weighted by Gasteiger charge is -2.30. The molecular weight excluding hydrogens is 463 g/mol. The molecule has 33 heavy (non-hydrogen) atoms. The summed E-state index contributed by atoms with van der Waals surface area (Å²) in [6, 6.07) is 9.87. The molecule has 0 unspecified atom stereocenters. The Hall–Kier alpha value is -2.33. The topological polar surface area (TPSA) is 66.9 Å². The Balaban J connectivity index is 1.53. The molecule has 174 valence electrons. The molecule has 3 aromatic rings. The number of methoxy groups -OCH3 is 1. The van der Waals surface area contributed by atoms with E-state index in [0.29, 0.717) is 52.3 Å². The Bertz CT molecular complexity index is 1330. The summed E-state index contributed by atoms with van der Waals surface area (Å²) in [5.74, 6) is -0.579. The SMILES string of the molecule is COCc1c(C(=O)N2CCCc3cc(S(=O)(=O)N4CCCC4)ccc32)sc2cccc(F)c12. The highest BCUT2D eigenvalue weighted by Gasteiger charge is 2.31. The maximum absolute atomic E-state index is 14.6. The van der Waals surface area contributed by atoms with Gasteiger partial charge in [-0.3, -0.25) is 4.79 Å². The van der Waals surface area contributed by atoms with Crippen molar-refractivity contribution < 1.29 is 22.3 Å². The lowest BCUT2D eigenvalue weighted by Crippen LogP contribution is -2.36. The molecule has 0 bridgehead atoms. The Morgan fingerprint density at radius 1 is 1.12 bits per heavy atom. The van der Waals surface area contributed by atoms with E-state index in [1.54, 1.807) is 35.2 Å². The second-order valence-electron chi connectivity index (χ2n) is 8.42. The maximum atomic E-state index is 14.6. The van der Waals surface area contributed by atoms with Gasteiger partial charge >= 0.3 is 0 Å². The predicted octanol–water partition coefficient (Wildman–Crippen LogP) is 4.56. The van der Waals surface area contributed by atoms with Crippen LogP contribution in [0.4, 0.5) is 10.1 Å². The zero-order valence-corrected chi connectivity index (χ0v) is 20.0. The van der Waals surface area contributed by atoms with E-state index in [-0.39, 0.29) is 23.2 Å². The average Bonchev–Trinajstić information content (AvgIpc) is 3.48. The van der Waals surface area contributed by atoms with Gasteiger partial charge in [-0.2, -0.15) is 4.31 Å². The third-order valence-corrected chi connectivity index (χ3v) is 9.44. The van der Waals surface area contributed by atoms with Crippen LogP contribution >= 0.6 is 11.3 Å². The van der Waals surface area contributed by atoms with E-state index < -0.39 is 10.0 Å². The second kappa shape index (κ2) is 8.79. The van der Waals surface area contributed by atoms with Crippen LogP contribution in [0.25, 0.3) is 10.1 Å². The number of sulfonamides is 1. The van der Waals surface area contributed by atoms with E-state index in [0.717, 1.165) is 24.8 Å². The monoisotopic (exact) mass is 488 g/mol. The van der Waals surface area contributed by atoms with Gasteiger partial charge in [0.15, 0.2) is 0 Å². The molecule has 9 heteroatoms. The molecule has 6 nitrogen and oxygen atoms in total. The Morgan fingerprint density at radius 2 is 1.91 bits per heavy atom. The summed E-state index contributed by atoms with van der Waals surface area (Å²) >= 11 is 1.26. The van der Waals surface area contributed by atoms with Crippen molar-refractivity contribution in [2.75, 3.05) is 31.6 Å². The number of carbonyl (C=O) groups excluding carboxylic acids is 1. The molecule has 0 saturated carbocycles. The van der Waals surface area contributed by atoms with Crippen molar-refractivity contribution in [2.45, 2.75) is 37.2 Å². The van der Waals surface area contributed by atoms with Crippen LogP contribution in [0, 0.1) is 5.82 Å². The first-order valence-electron chi connectivity index (χ1n) is 11.1. The van der Waals surface area contributed by atoms with Gasteiger partial charge in [-0.05, 0) is 61.6 Å². The van der Waals surface area contributed by atoms with Gasteiger partial charge in [0.05, 0.1) is 16.4 Å². The minimum Gasteiger partial charge on any atom is -0.380 e. The Morgan fingerprint density at radius 3 is 2.67 bits per heavy atom. The number of aryl methyl sites for hydroxylation is 1. The number of fused-ring (bicyclic) bond motifs is 2. The Labute approximate surface area is 196 Å². The first-order chi connectivity index (χ1) is 15.9. The van der Waals surface area contributed by atoms with Crippen molar-refractivity contribution >= 4 is 43.0 Å². The number of amides is 1. The van der Waals surface area contributed by atoms with Crippen LogP contribution in [0.15, 0.2) is 41.3 Å². The number of ether oxygens (including phenoxy) is 1. The average molecular weight is 489 g/mol. The van der Waals surface area contributed by atoms with Crippen LogP contribution < -0.4 is 4.90 Å². The summed E-state index contributed by atoms with van der Waals surface area (Å²) in [7, 11) is -2.00. The lowest BCUT2D eigenvalue weighted by molar-refractivity contribution is 0.0985. The van der Waals surface area contributed by atoms with Crippen LogP contribution in [0.3, 0.4) is 0 Å². The van der Waals surface area contributed by atoms with Crippen molar-refractivity contribution in [3.05, 3.63) is 58.2 Å². The minimum atomic E-state index is -3.52. The molecule has 0 radical (unpaired) electrons. The summed E-state index contributed by atoms with van der Waals surface area (Å²) in [4.78, 5) is 16.1. The summed E-state index contributed by atoms with van der Waals surface area (Å²) in [6.07, 6.45) is 3.19. The fraction of sp³-hybridized carbons (Fsp3) is 0.375. The molecule has 5 rings (SSSR count). The number of hydrogen-bond acceptors (Lipinski definition) is 5. The van der Waals surface area contributed by atoms with Gasteiger partial charge in [0.1, 0.15) is 5.82 Å². The van der Waals surface area contributed by atoms with E-state index >= 15 is 0 Å². The quantitative estimate of drug-likeness (QED) is 0.528. The normalized spacial score (nSPS) is 17.0. The van der Waals surface area contributed by atoms with Gasteiger partial charge in [0.2, 0.25) is 10.0 Å². The van der Waals surface area contributed by atoms with E-state index in [4.69, 9.17) is 4.74 Å². The van der Waals surface area contributed by atoms with Crippen LogP contribution in [0.5, 0.6) is 0 Å². The van der Waals surface area contributed by atoms with Crippen LogP contribution in [0.2, 0.25) is 0 Å². The fourth-order valence-corrected chi connectivity index (χ4v) is 7.51. The third kappa shape index (κ3) is 3.86. The van der Waals surface area contributed by atoms with Gasteiger partial charge in [0, 0.05) is 48.1 Å². The number of anilines is 1. The number of thiophene rings is 1. The van der Waals surface area contributed by atoms with Gasteiger partial charge in [-0.25, -0.2) is 12.8 Å². The first kappa shape index (κ1) is 22.5. The molecule has 1 aromatic heterocycles. The van der Waals surface area contributed by atoms with Crippen molar-refractivity contribution in [1.29, 1.82) is 0 Å². The molecule has 2 aliphatic heterocycles. The molecular formula is C24H25FN2O4S2. The molecule has 1 saturated heterocycles. The first-order valence-corrected chi connectivity index (χ1v) is 13.3. The van der Waals surface area contributed by atoms with Gasteiger partial charge < -0.3 is 9.64 Å². The predicted molar refractivity (Wildman–Crippen MR) is 127 cm³/mol. The molecule has 0 atom stereocenters. The standard InChI is InChI=1S/C24H25FN2O4S2/c1-31-15-18-22-19(25)7-4-8-21(22)32-23(18)24(28)27-13-5-6-16-14-17(9-10-20(16)27)33(29,30)26-11-2-3-12-26/h4,7-10,14H,2-3,5-6,11-13,15H2,1H3. The molecule has 2 aliphatic rings. The molecule has 0 spiro atoms. The van der Waals surface area contributed by atoms with E-state index in [2.05, 4.69) is 0 Å². The van der Waals surface area contributed by atoms with Gasteiger partial charge in [0.25, 0.3) is 5.91 Å². The van der Waals surface area contributed by atoms with Crippen LogP contribution in [-0.2, 0) is 27.8 Å². The zero-order chi connectivity index (χ0) is 23.2. The molecule has 1 amide bonds. The van der Waals surface area contributed by atoms with Crippen LogP contribution in [0.1, 0.15) is 40.1 Å². The minimum absolute atomic E-state index is 0.135. The number of carbonyl (C=O) groups is 1. The van der Waals surface area contributed by atoms with E-state index in [9.17, 15) is 17.6 Å². The molecule has 0 aliphatic carbocycles. The van der Waals surface area contributed by atoms with E-state index in [1.807, 2.05) is 0 Å². The number of benzene rings is 2. The van der Waals surface area contributed by atoms with Gasteiger partial charge in [-0.1, -0.05) is 6.07 Å². The number of nitrogens with zero attached hydrogens (tertiary/aromatic N) is 2. The van der Waals surface area contributed by atoms with Gasteiger partial charge in [-0.15, -0.1) is 11.3 Å². The number of rotatable bonds is 5. The summed E-state index contributed by atoms with van der Waals surface area (Å²) in [6.45, 7) is 1.76. The third-order valence-electron chi connectivity index (χ3n) is 6.36. The lowest BCUT2D eigenvalue weighted by atomic mass is 10.0. The molecule has 2 aromatic carbocycles. The Kier molecular flexibility index (Phi) is 5.98. The molecule has 0 N–H and O–H groups in total. The van der Waals surface area contributed by atoms with Crippen molar-refractivity contribution in [1.82, 2.24) is 4.31 Å². The molecule has 3 heterocycles. The smallest absolute Gasteiger partial charge is 0.268 e. The number of halogens is 1. The van der Waals surface area contributed by atoms with Crippen LogP contribution in [-0.4, -0.2) is 45.4 Å². The maximum Gasteiger partial charge on any atom is 0.268 e. The summed E-state index contributed by atoms with van der Waals surface area (Å²) in [5.41, 5.74) is 2.12. The highest BCUT2D eigenvalue weighted by Crippen LogP contribution is 2.37. The van der Waals surface area contributed by atoms with Crippen molar-refractivity contribution in [2.24, 2.45) is 0 Å². The summed E-state index contributed by atoms with van der Waals surface area (Å²) < 4.78 is 48.1. The molecule has 1 fully saturated rings. The second-order valence-corrected chi connectivity index (χ2v) is 11.4. The largest absolute Gasteiger partial charge is 0.380 e. The zero-order valence-electron chi connectivity index (χ0n) is 18.3. The van der Waals surface area contributed by atoms with Crippen molar-refractivity contribution in [3.8, 4) is 0 Å². The summed E-state index contributed by atoms with van der Waals surface area (Å²) in [5, 5.41) is 0.428. The van der Waals surface area contributed by atoms with E-state index in [1.165, 1.54) is 28.8 Å².